The maximum Gasteiger partial charge on any atom is 0.220 e. The molecule has 2 N–H and O–H groups in total. The van der Waals surface area contributed by atoms with Gasteiger partial charge in [-0.2, -0.15) is 0 Å². The van der Waals surface area contributed by atoms with Crippen LogP contribution in [0.25, 0.3) is 0 Å². The summed E-state index contributed by atoms with van der Waals surface area (Å²) in [6.45, 7) is 8.47. The van der Waals surface area contributed by atoms with Crippen LogP contribution in [-0.2, 0) is 9.59 Å². The summed E-state index contributed by atoms with van der Waals surface area (Å²) in [7, 11) is 0. The second-order valence-corrected chi connectivity index (χ2v) is 7.85. The molecule has 0 aromatic rings. The second kappa shape index (κ2) is 9.94. The Kier molecular flexibility index (Phi) is 8.64. The van der Waals surface area contributed by atoms with Gasteiger partial charge in [-0.15, -0.1) is 0 Å². The molecule has 0 unspecified atom stereocenters. The van der Waals surface area contributed by atoms with E-state index in [0.29, 0.717) is 12.8 Å². The van der Waals surface area contributed by atoms with Crippen LogP contribution in [0.4, 0.5) is 0 Å². The molecule has 1 aliphatic rings. The lowest BCUT2D eigenvalue weighted by Crippen LogP contribution is -2.38. The maximum absolute atomic E-state index is 12.3. The van der Waals surface area contributed by atoms with Crippen molar-refractivity contribution in [1.82, 2.24) is 10.6 Å². The van der Waals surface area contributed by atoms with Crippen molar-refractivity contribution in [3.8, 4) is 0 Å². The lowest BCUT2D eigenvalue weighted by atomic mass is 9.83. The van der Waals surface area contributed by atoms with Crippen LogP contribution in [0.5, 0.6) is 0 Å². The van der Waals surface area contributed by atoms with Crippen LogP contribution in [0.2, 0.25) is 0 Å². The number of nitrogens with one attached hydrogen (secondary N) is 2. The first-order chi connectivity index (χ1) is 10.9. The van der Waals surface area contributed by atoms with Gasteiger partial charge in [0.1, 0.15) is 0 Å². The van der Waals surface area contributed by atoms with E-state index in [1.54, 1.807) is 0 Å². The number of amides is 2. The molecular formula is C19H36N2O2. The van der Waals surface area contributed by atoms with Crippen molar-refractivity contribution in [3.63, 3.8) is 0 Å². The van der Waals surface area contributed by atoms with Gasteiger partial charge in [0.25, 0.3) is 0 Å². The van der Waals surface area contributed by atoms with Crippen LogP contribution in [-0.4, -0.2) is 23.9 Å². The van der Waals surface area contributed by atoms with Crippen LogP contribution >= 0.6 is 0 Å². The van der Waals surface area contributed by atoms with Gasteiger partial charge in [-0.05, 0) is 31.1 Å². The maximum atomic E-state index is 12.3. The first kappa shape index (κ1) is 20.0. The van der Waals surface area contributed by atoms with Gasteiger partial charge in [-0.1, -0.05) is 53.4 Å². The van der Waals surface area contributed by atoms with E-state index in [2.05, 4.69) is 31.4 Å². The minimum atomic E-state index is 0.0757. The average Bonchev–Trinajstić information content (AvgIpc) is 2.89. The molecule has 0 aromatic carbocycles. The van der Waals surface area contributed by atoms with Crippen molar-refractivity contribution in [2.45, 2.75) is 104 Å². The van der Waals surface area contributed by atoms with Gasteiger partial charge in [-0.3, -0.25) is 9.59 Å². The Bertz CT molecular complexity index is 380. The summed E-state index contributed by atoms with van der Waals surface area (Å²) in [6, 6.07) is 0.454. The summed E-state index contributed by atoms with van der Waals surface area (Å²) in [4.78, 5) is 23.7. The Morgan fingerprint density at radius 2 is 1.57 bits per heavy atom. The van der Waals surface area contributed by atoms with Gasteiger partial charge < -0.3 is 10.6 Å². The summed E-state index contributed by atoms with van der Waals surface area (Å²) < 4.78 is 0. The highest BCUT2D eigenvalue weighted by molar-refractivity contribution is 5.77. The van der Waals surface area contributed by atoms with E-state index < -0.39 is 0 Å². The largest absolute Gasteiger partial charge is 0.353 e. The quantitative estimate of drug-likeness (QED) is 0.598. The molecule has 23 heavy (non-hydrogen) atoms. The summed E-state index contributed by atoms with van der Waals surface area (Å²) in [5.74, 6) is 0.271. The van der Waals surface area contributed by atoms with Gasteiger partial charge in [0.2, 0.25) is 11.8 Å². The van der Waals surface area contributed by atoms with Crippen LogP contribution < -0.4 is 10.6 Å². The number of hydrogen-bond donors (Lipinski definition) is 2. The fourth-order valence-corrected chi connectivity index (χ4v) is 3.41. The highest BCUT2D eigenvalue weighted by Gasteiger charge is 2.28. The Morgan fingerprint density at radius 1 is 0.957 bits per heavy atom. The SMILES string of the molecule is CCCCCCC(C)(C)CC(=O)N[C@@H]1CC[C@H](NC(=O)CC)C1. The first-order valence-electron chi connectivity index (χ1n) is 9.45. The predicted molar refractivity (Wildman–Crippen MR) is 95.2 cm³/mol. The molecule has 0 saturated heterocycles. The van der Waals surface area contributed by atoms with E-state index >= 15 is 0 Å². The van der Waals surface area contributed by atoms with E-state index in [1.807, 2.05) is 6.92 Å². The highest BCUT2D eigenvalue weighted by Crippen LogP contribution is 2.28. The molecule has 0 spiro atoms. The lowest BCUT2D eigenvalue weighted by molar-refractivity contribution is -0.123. The molecule has 2 atom stereocenters. The zero-order chi connectivity index (χ0) is 17.3. The lowest BCUT2D eigenvalue weighted by Gasteiger charge is -2.25. The Labute approximate surface area is 142 Å². The molecule has 0 heterocycles. The van der Waals surface area contributed by atoms with Gasteiger partial charge >= 0.3 is 0 Å². The number of hydrogen-bond acceptors (Lipinski definition) is 2. The molecule has 1 rings (SSSR count). The molecule has 0 bridgehead atoms. The van der Waals surface area contributed by atoms with Crippen LogP contribution in [0, 0.1) is 5.41 Å². The summed E-state index contributed by atoms with van der Waals surface area (Å²) >= 11 is 0. The van der Waals surface area contributed by atoms with Crippen molar-refractivity contribution >= 4 is 11.8 Å². The minimum absolute atomic E-state index is 0.0757. The van der Waals surface area contributed by atoms with Gasteiger partial charge in [0.15, 0.2) is 0 Å². The average molecular weight is 325 g/mol. The fraction of sp³-hybridized carbons (Fsp3) is 0.895. The van der Waals surface area contributed by atoms with E-state index in [-0.39, 0.29) is 29.3 Å². The Hall–Kier alpha value is -1.06. The van der Waals surface area contributed by atoms with Gasteiger partial charge in [0, 0.05) is 24.9 Å². The molecule has 0 aliphatic heterocycles. The van der Waals surface area contributed by atoms with Crippen molar-refractivity contribution in [2.24, 2.45) is 5.41 Å². The smallest absolute Gasteiger partial charge is 0.220 e. The van der Waals surface area contributed by atoms with E-state index in [0.717, 1.165) is 25.7 Å². The number of rotatable bonds is 10. The molecule has 1 saturated carbocycles. The number of carbonyl (C=O) groups excluding carboxylic acids is 2. The van der Waals surface area contributed by atoms with E-state index in [4.69, 9.17) is 0 Å². The monoisotopic (exact) mass is 324 g/mol. The standard InChI is InChI=1S/C19H36N2O2/c1-5-7-8-9-12-19(3,4)14-18(23)21-16-11-10-15(13-16)20-17(22)6-2/h15-16H,5-14H2,1-4H3,(H,20,22)(H,21,23)/t15-,16+/m0/s1. The summed E-state index contributed by atoms with van der Waals surface area (Å²) in [6.07, 6.45) is 10.1. The second-order valence-electron chi connectivity index (χ2n) is 7.85. The summed E-state index contributed by atoms with van der Waals surface area (Å²) in [5.41, 5.74) is 0.0757. The van der Waals surface area contributed by atoms with Crippen LogP contribution in [0.1, 0.15) is 91.9 Å². The Morgan fingerprint density at radius 3 is 2.13 bits per heavy atom. The molecule has 1 fully saturated rings. The predicted octanol–water partition coefficient (Wildman–Crippen LogP) is 3.94. The molecule has 1 aliphatic carbocycles. The first-order valence-corrected chi connectivity index (χ1v) is 9.45. The van der Waals surface area contributed by atoms with Crippen molar-refractivity contribution in [2.75, 3.05) is 0 Å². The van der Waals surface area contributed by atoms with E-state index in [1.165, 1.54) is 25.7 Å². The van der Waals surface area contributed by atoms with Crippen molar-refractivity contribution < 1.29 is 9.59 Å². The van der Waals surface area contributed by atoms with Crippen LogP contribution in [0.15, 0.2) is 0 Å². The zero-order valence-corrected chi connectivity index (χ0v) is 15.5. The molecule has 2 amide bonds. The molecule has 0 radical (unpaired) electrons. The van der Waals surface area contributed by atoms with Crippen LogP contribution in [0.3, 0.4) is 0 Å². The van der Waals surface area contributed by atoms with Crippen molar-refractivity contribution in [3.05, 3.63) is 0 Å². The van der Waals surface area contributed by atoms with E-state index in [9.17, 15) is 9.59 Å². The molecule has 0 aromatic heterocycles. The Balaban J connectivity index is 2.26. The zero-order valence-electron chi connectivity index (χ0n) is 15.5. The minimum Gasteiger partial charge on any atom is -0.353 e. The fourth-order valence-electron chi connectivity index (χ4n) is 3.41. The molecule has 4 heteroatoms. The highest BCUT2D eigenvalue weighted by atomic mass is 16.2. The molecule has 134 valence electrons. The van der Waals surface area contributed by atoms with Crippen molar-refractivity contribution in [1.29, 1.82) is 0 Å². The molecule has 4 nitrogen and oxygen atoms in total. The topological polar surface area (TPSA) is 58.2 Å². The molecular weight excluding hydrogens is 288 g/mol. The van der Waals surface area contributed by atoms with Gasteiger partial charge in [-0.25, -0.2) is 0 Å². The van der Waals surface area contributed by atoms with Gasteiger partial charge in [0.05, 0.1) is 0 Å². The number of unbranched alkanes of at least 4 members (excludes halogenated alkanes) is 3. The number of carbonyl (C=O) groups is 2. The third-order valence-electron chi connectivity index (χ3n) is 4.83. The third kappa shape index (κ3) is 8.38. The normalized spacial score (nSPS) is 21.2. The summed E-state index contributed by atoms with van der Waals surface area (Å²) in [5, 5.41) is 6.20. The third-order valence-corrected chi connectivity index (χ3v) is 4.83.